The summed E-state index contributed by atoms with van der Waals surface area (Å²) in [5.41, 5.74) is 1.63. The lowest BCUT2D eigenvalue weighted by atomic mass is 9.72. The maximum atomic E-state index is 5.88. The van der Waals surface area contributed by atoms with Gasteiger partial charge < -0.3 is 5.32 Å². The minimum absolute atomic E-state index is 0.249. The van der Waals surface area contributed by atoms with Gasteiger partial charge in [0, 0.05) is 10.6 Å². The van der Waals surface area contributed by atoms with Crippen molar-refractivity contribution in [2.75, 3.05) is 6.54 Å². The van der Waals surface area contributed by atoms with Crippen LogP contribution in [0.5, 0.6) is 0 Å². The third kappa shape index (κ3) is 1.67. The number of hydrogen-bond donors (Lipinski definition) is 1. The monoisotopic (exact) mass is 209 g/mol. The minimum atomic E-state index is 0.249. The fraction of sp³-hybridized carbons (Fsp3) is 0.500. The molecule has 1 fully saturated rings. The molecule has 1 N–H and O–H groups in total. The van der Waals surface area contributed by atoms with E-state index in [-0.39, 0.29) is 5.54 Å². The van der Waals surface area contributed by atoms with Crippen LogP contribution in [0.2, 0.25) is 5.02 Å². The normalized spacial score (nSPS) is 19.0. The molecule has 0 radical (unpaired) electrons. The molecule has 14 heavy (non-hydrogen) atoms. The molecule has 0 aliphatic heterocycles. The SMILES string of the molecule is CCNC1(c2ccc(Cl)cc2)CCC1. The fourth-order valence-electron chi connectivity index (χ4n) is 2.21. The summed E-state index contributed by atoms with van der Waals surface area (Å²) in [4.78, 5) is 0. The third-order valence-electron chi connectivity index (χ3n) is 3.12. The van der Waals surface area contributed by atoms with Crippen molar-refractivity contribution in [1.29, 1.82) is 0 Å². The second kappa shape index (κ2) is 3.92. The van der Waals surface area contributed by atoms with Gasteiger partial charge >= 0.3 is 0 Å². The Morgan fingerprint density at radius 1 is 1.29 bits per heavy atom. The van der Waals surface area contributed by atoms with Crippen molar-refractivity contribution in [3.8, 4) is 0 Å². The standard InChI is InChI=1S/C12H16ClN/c1-2-14-12(8-3-9-12)10-4-6-11(13)7-5-10/h4-7,14H,2-3,8-9H2,1H3. The molecule has 0 saturated heterocycles. The van der Waals surface area contributed by atoms with E-state index >= 15 is 0 Å². The van der Waals surface area contributed by atoms with E-state index in [4.69, 9.17) is 11.6 Å². The van der Waals surface area contributed by atoms with Crippen LogP contribution < -0.4 is 5.32 Å². The van der Waals surface area contributed by atoms with Gasteiger partial charge in [-0.1, -0.05) is 30.7 Å². The number of hydrogen-bond acceptors (Lipinski definition) is 1. The van der Waals surface area contributed by atoms with Gasteiger partial charge in [0.1, 0.15) is 0 Å². The summed E-state index contributed by atoms with van der Waals surface area (Å²) in [6.45, 7) is 3.19. The average Bonchev–Trinajstić information content (AvgIpc) is 2.13. The summed E-state index contributed by atoms with van der Waals surface area (Å²) in [6, 6.07) is 8.25. The first-order valence-corrected chi connectivity index (χ1v) is 5.66. The first-order chi connectivity index (χ1) is 6.77. The first kappa shape index (κ1) is 10.0. The Kier molecular flexibility index (Phi) is 2.80. The first-order valence-electron chi connectivity index (χ1n) is 5.28. The maximum absolute atomic E-state index is 5.88. The molecule has 2 heteroatoms. The van der Waals surface area contributed by atoms with Crippen LogP contribution in [0.25, 0.3) is 0 Å². The molecule has 0 unspecified atom stereocenters. The van der Waals surface area contributed by atoms with Gasteiger partial charge in [-0.25, -0.2) is 0 Å². The maximum Gasteiger partial charge on any atom is 0.0434 e. The summed E-state index contributed by atoms with van der Waals surface area (Å²) in [5.74, 6) is 0. The number of benzene rings is 1. The van der Waals surface area contributed by atoms with Crippen LogP contribution in [0, 0.1) is 0 Å². The van der Waals surface area contributed by atoms with Crippen molar-refractivity contribution in [2.24, 2.45) is 0 Å². The third-order valence-corrected chi connectivity index (χ3v) is 3.37. The molecule has 1 aromatic carbocycles. The molecule has 2 rings (SSSR count). The molecule has 1 aromatic rings. The van der Waals surface area contributed by atoms with Gasteiger partial charge in [-0.2, -0.15) is 0 Å². The largest absolute Gasteiger partial charge is 0.308 e. The summed E-state index contributed by atoms with van der Waals surface area (Å²) in [5, 5.41) is 4.41. The zero-order valence-corrected chi connectivity index (χ0v) is 9.27. The van der Waals surface area contributed by atoms with E-state index in [1.54, 1.807) is 0 Å². The number of rotatable bonds is 3. The number of halogens is 1. The van der Waals surface area contributed by atoms with Gasteiger partial charge in [-0.15, -0.1) is 0 Å². The molecule has 76 valence electrons. The summed E-state index contributed by atoms with van der Waals surface area (Å²) in [6.07, 6.45) is 3.83. The van der Waals surface area contributed by atoms with Crippen molar-refractivity contribution in [2.45, 2.75) is 31.7 Å². The van der Waals surface area contributed by atoms with Crippen LogP contribution in [0.4, 0.5) is 0 Å². The van der Waals surface area contributed by atoms with E-state index in [2.05, 4.69) is 24.4 Å². The fourth-order valence-corrected chi connectivity index (χ4v) is 2.33. The Balaban J connectivity index is 2.23. The van der Waals surface area contributed by atoms with E-state index in [0.717, 1.165) is 11.6 Å². The second-order valence-electron chi connectivity index (χ2n) is 3.97. The molecule has 0 aromatic heterocycles. The molecule has 0 amide bonds. The van der Waals surface area contributed by atoms with E-state index in [0.29, 0.717) is 0 Å². The van der Waals surface area contributed by atoms with Crippen LogP contribution in [-0.2, 0) is 5.54 Å². The van der Waals surface area contributed by atoms with Gasteiger partial charge in [0.2, 0.25) is 0 Å². The summed E-state index contributed by atoms with van der Waals surface area (Å²) >= 11 is 5.88. The summed E-state index contributed by atoms with van der Waals surface area (Å²) in [7, 11) is 0. The van der Waals surface area contributed by atoms with Gasteiger partial charge in [-0.3, -0.25) is 0 Å². The molecule has 1 aliphatic rings. The van der Waals surface area contributed by atoms with E-state index in [1.165, 1.54) is 24.8 Å². The van der Waals surface area contributed by atoms with Crippen LogP contribution in [0.3, 0.4) is 0 Å². The Bertz CT molecular complexity index is 301. The Hall–Kier alpha value is -0.530. The highest BCUT2D eigenvalue weighted by molar-refractivity contribution is 6.30. The predicted molar refractivity (Wildman–Crippen MR) is 60.7 cm³/mol. The number of nitrogens with one attached hydrogen (secondary N) is 1. The lowest BCUT2D eigenvalue weighted by Gasteiger charge is -2.43. The lowest BCUT2D eigenvalue weighted by molar-refractivity contribution is 0.190. The molecular formula is C12H16ClN. The second-order valence-corrected chi connectivity index (χ2v) is 4.41. The smallest absolute Gasteiger partial charge is 0.0434 e. The van der Waals surface area contributed by atoms with Gasteiger partial charge in [-0.05, 0) is 43.5 Å². The minimum Gasteiger partial charge on any atom is -0.308 e. The molecular weight excluding hydrogens is 194 g/mol. The van der Waals surface area contributed by atoms with E-state index in [9.17, 15) is 0 Å². The molecule has 1 saturated carbocycles. The van der Waals surface area contributed by atoms with Gasteiger partial charge in [0.05, 0.1) is 0 Å². The zero-order chi connectivity index (χ0) is 10.0. The average molecular weight is 210 g/mol. The highest BCUT2D eigenvalue weighted by Gasteiger charge is 2.37. The van der Waals surface area contributed by atoms with Gasteiger partial charge in [0.15, 0.2) is 0 Å². The summed E-state index contributed by atoms with van der Waals surface area (Å²) < 4.78 is 0. The molecule has 0 atom stereocenters. The highest BCUT2D eigenvalue weighted by atomic mass is 35.5. The van der Waals surface area contributed by atoms with Crippen LogP contribution in [-0.4, -0.2) is 6.54 Å². The van der Waals surface area contributed by atoms with Crippen molar-refractivity contribution in [3.05, 3.63) is 34.9 Å². The van der Waals surface area contributed by atoms with Crippen molar-refractivity contribution in [3.63, 3.8) is 0 Å². The molecule has 1 aliphatic carbocycles. The lowest BCUT2D eigenvalue weighted by Crippen LogP contribution is -2.47. The van der Waals surface area contributed by atoms with Crippen LogP contribution in [0.1, 0.15) is 31.7 Å². The predicted octanol–water partition coefficient (Wildman–Crippen LogP) is 3.33. The quantitative estimate of drug-likeness (QED) is 0.806. The zero-order valence-electron chi connectivity index (χ0n) is 8.52. The van der Waals surface area contributed by atoms with E-state index < -0.39 is 0 Å². The van der Waals surface area contributed by atoms with Crippen LogP contribution in [0.15, 0.2) is 24.3 Å². The van der Waals surface area contributed by atoms with Crippen molar-refractivity contribution >= 4 is 11.6 Å². The Morgan fingerprint density at radius 3 is 2.36 bits per heavy atom. The topological polar surface area (TPSA) is 12.0 Å². The Labute approximate surface area is 90.5 Å². The van der Waals surface area contributed by atoms with Crippen LogP contribution >= 0.6 is 11.6 Å². The van der Waals surface area contributed by atoms with Gasteiger partial charge in [0.25, 0.3) is 0 Å². The Morgan fingerprint density at radius 2 is 1.93 bits per heavy atom. The molecule has 0 bridgehead atoms. The molecule has 0 spiro atoms. The van der Waals surface area contributed by atoms with Crippen molar-refractivity contribution in [1.82, 2.24) is 5.32 Å². The molecule has 0 heterocycles. The van der Waals surface area contributed by atoms with Crippen molar-refractivity contribution < 1.29 is 0 Å². The highest BCUT2D eigenvalue weighted by Crippen LogP contribution is 2.41. The molecule has 1 nitrogen and oxygen atoms in total. The van der Waals surface area contributed by atoms with E-state index in [1.807, 2.05) is 12.1 Å².